The number of likely N-dealkylation sites (N-methyl/N-ethyl adjacent to an activating group) is 1. The summed E-state index contributed by atoms with van der Waals surface area (Å²) in [6, 6.07) is 8.05. The van der Waals surface area contributed by atoms with Crippen molar-refractivity contribution in [2.75, 3.05) is 26.0 Å². The van der Waals surface area contributed by atoms with Crippen molar-refractivity contribution in [2.24, 2.45) is 0 Å². The molecule has 2 rings (SSSR count). The minimum Gasteiger partial charge on any atom is -0.465 e. The second-order valence-electron chi connectivity index (χ2n) is 5.75. The third-order valence-electron chi connectivity index (χ3n) is 3.79. The van der Waals surface area contributed by atoms with E-state index in [0.29, 0.717) is 10.4 Å². The molecule has 8 nitrogen and oxygen atoms in total. The number of nitrogens with one attached hydrogen (secondary N) is 1. The number of anilines is 1. The summed E-state index contributed by atoms with van der Waals surface area (Å²) in [5, 5.41) is 10.9. The van der Waals surface area contributed by atoms with Crippen molar-refractivity contribution in [1.82, 2.24) is 4.31 Å². The molecule has 0 bridgehead atoms. The molecule has 0 atom stereocenters. The lowest BCUT2D eigenvalue weighted by Crippen LogP contribution is -2.35. The van der Waals surface area contributed by atoms with Crippen molar-refractivity contribution >= 4 is 27.6 Å². The minimum atomic E-state index is -4.06. The monoisotopic (exact) mass is 423 g/mol. The van der Waals surface area contributed by atoms with Crippen LogP contribution in [0.3, 0.4) is 0 Å². The minimum absolute atomic E-state index is 0.146. The molecule has 0 aliphatic heterocycles. The molecule has 0 radical (unpaired) electrons. The van der Waals surface area contributed by atoms with Gasteiger partial charge in [0.05, 0.1) is 41.4 Å². The largest absolute Gasteiger partial charge is 0.465 e. The van der Waals surface area contributed by atoms with E-state index in [2.05, 4.69) is 10.1 Å². The van der Waals surface area contributed by atoms with Crippen LogP contribution in [0.5, 0.6) is 0 Å². The molecule has 0 saturated heterocycles. The molecule has 0 aliphatic carbocycles. The topological polar surface area (TPSA) is 117 Å². The van der Waals surface area contributed by atoms with Crippen molar-refractivity contribution < 1.29 is 31.5 Å². The van der Waals surface area contributed by atoms with Crippen LogP contribution in [0.4, 0.5) is 14.5 Å². The van der Waals surface area contributed by atoms with Gasteiger partial charge < -0.3 is 10.1 Å². The van der Waals surface area contributed by atoms with Crippen molar-refractivity contribution in [3.63, 3.8) is 0 Å². The number of halogens is 2. The highest BCUT2D eigenvalue weighted by molar-refractivity contribution is 7.89. The number of nitriles is 1. The lowest BCUT2D eigenvalue weighted by Gasteiger charge is -2.17. The lowest BCUT2D eigenvalue weighted by atomic mass is 10.1. The van der Waals surface area contributed by atoms with Crippen LogP contribution in [-0.4, -0.2) is 45.3 Å². The molecule has 1 amide bonds. The number of hydrogen-bond acceptors (Lipinski definition) is 6. The first kappa shape index (κ1) is 21.9. The standard InChI is InChI=1S/C18H15F2N3O5S/c1-23(29(26,27)12-5-3-11(9-21)4-6-12)10-17(24)22-16-7-13(18(25)28-2)14(19)8-15(16)20/h3-8H,10H2,1-2H3,(H,22,24). The Hall–Kier alpha value is -3.36. The molecule has 2 aromatic carbocycles. The number of rotatable bonds is 6. The van der Waals surface area contributed by atoms with Crippen molar-refractivity contribution in [1.29, 1.82) is 5.26 Å². The number of sulfonamides is 1. The van der Waals surface area contributed by atoms with Gasteiger partial charge in [-0.2, -0.15) is 9.57 Å². The third-order valence-corrected chi connectivity index (χ3v) is 5.61. The Bertz CT molecular complexity index is 1100. The first-order chi connectivity index (χ1) is 13.6. The number of methoxy groups -OCH3 is 1. The van der Waals surface area contributed by atoms with Crippen LogP contribution in [0.25, 0.3) is 0 Å². The molecule has 0 unspecified atom stereocenters. The number of carbonyl (C=O) groups excluding carboxylic acids is 2. The van der Waals surface area contributed by atoms with Gasteiger partial charge in [0, 0.05) is 13.1 Å². The van der Waals surface area contributed by atoms with Crippen LogP contribution in [0.2, 0.25) is 0 Å². The van der Waals surface area contributed by atoms with Crippen molar-refractivity contribution in [3.05, 3.63) is 59.2 Å². The quantitative estimate of drug-likeness (QED) is 0.709. The van der Waals surface area contributed by atoms with E-state index in [1.807, 2.05) is 6.07 Å². The van der Waals surface area contributed by atoms with Gasteiger partial charge in [-0.05, 0) is 30.3 Å². The number of amides is 1. The normalized spacial score (nSPS) is 11.0. The van der Waals surface area contributed by atoms with Crippen LogP contribution < -0.4 is 5.32 Å². The molecule has 0 aromatic heterocycles. The molecule has 0 spiro atoms. The van der Waals surface area contributed by atoms with Gasteiger partial charge in [-0.3, -0.25) is 4.79 Å². The predicted molar refractivity (Wildman–Crippen MR) is 97.3 cm³/mol. The fraction of sp³-hybridized carbons (Fsp3) is 0.167. The molecule has 152 valence electrons. The van der Waals surface area contributed by atoms with E-state index >= 15 is 0 Å². The summed E-state index contributed by atoms with van der Waals surface area (Å²) in [6.45, 7) is -0.688. The molecule has 0 saturated carbocycles. The number of esters is 1. The second kappa shape index (κ2) is 8.76. The fourth-order valence-electron chi connectivity index (χ4n) is 2.27. The van der Waals surface area contributed by atoms with Crippen LogP contribution in [-0.2, 0) is 19.6 Å². The molecular weight excluding hydrogens is 408 g/mol. The average Bonchev–Trinajstić information content (AvgIpc) is 2.69. The van der Waals surface area contributed by atoms with E-state index < -0.39 is 51.3 Å². The maximum Gasteiger partial charge on any atom is 0.340 e. The maximum atomic E-state index is 13.9. The summed E-state index contributed by atoms with van der Waals surface area (Å²) < 4.78 is 57.6. The maximum absolute atomic E-state index is 13.9. The van der Waals surface area contributed by atoms with Gasteiger partial charge in [-0.15, -0.1) is 0 Å². The van der Waals surface area contributed by atoms with E-state index in [4.69, 9.17) is 5.26 Å². The lowest BCUT2D eigenvalue weighted by molar-refractivity contribution is -0.116. The Morgan fingerprint density at radius 3 is 2.34 bits per heavy atom. The summed E-state index contributed by atoms with van der Waals surface area (Å²) in [7, 11) is -1.92. The highest BCUT2D eigenvalue weighted by atomic mass is 32.2. The highest BCUT2D eigenvalue weighted by Crippen LogP contribution is 2.21. The number of ether oxygens (including phenoxy) is 1. The van der Waals surface area contributed by atoms with Crippen LogP contribution in [0, 0.1) is 23.0 Å². The van der Waals surface area contributed by atoms with Gasteiger partial charge in [0.1, 0.15) is 11.6 Å². The Kier molecular flexibility index (Phi) is 6.63. The van der Waals surface area contributed by atoms with Gasteiger partial charge in [0.15, 0.2) is 0 Å². The summed E-state index contributed by atoms with van der Waals surface area (Å²) in [4.78, 5) is 23.5. The SMILES string of the molecule is COC(=O)c1cc(NC(=O)CN(C)S(=O)(=O)c2ccc(C#N)cc2)c(F)cc1F. The molecule has 1 N–H and O–H groups in total. The third kappa shape index (κ3) is 4.92. The first-order valence-corrected chi connectivity index (χ1v) is 9.38. The Balaban J connectivity index is 2.18. The van der Waals surface area contributed by atoms with Crippen LogP contribution in [0.15, 0.2) is 41.3 Å². The number of carbonyl (C=O) groups is 2. The molecule has 0 heterocycles. The van der Waals surface area contributed by atoms with Crippen molar-refractivity contribution in [3.8, 4) is 6.07 Å². The van der Waals surface area contributed by atoms with Crippen LogP contribution in [0.1, 0.15) is 15.9 Å². The number of hydrogen-bond donors (Lipinski definition) is 1. The van der Waals surface area contributed by atoms with E-state index in [9.17, 15) is 26.8 Å². The van der Waals surface area contributed by atoms with Crippen molar-refractivity contribution in [2.45, 2.75) is 4.90 Å². The summed E-state index contributed by atoms with van der Waals surface area (Å²) in [6.07, 6.45) is 0. The van der Waals surface area contributed by atoms with Crippen LogP contribution >= 0.6 is 0 Å². The smallest absolute Gasteiger partial charge is 0.340 e. The summed E-state index contributed by atoms with van der Waals surface area (Å²) >= 11 is 0. The van der Waals surface area contributed by atoms with Gasteiger partial charge >= 0.3 is 5.97 Å². The Morgan fingerprint density at radius 2 is 1.79 bits per heavy atom. The van der Waals surface area contributed by atoms with E-state index in [1.165, 1.54) is 24.3 Å². The zero-order valence-electron chi connectivity index (χ0n) is 15.3. The molecule has 2 aromatic rings. The Labute approximate surface area is 165 Å². The molecule has 11 heteroatoms. The summed E-state index contributed by atoms with van der Waals surface area (Å²) in [5.41, 5.74) is -0.846. The fourth-order valence-corrected chi connectivity index (χ4v) is 3.40. The van der Waals surface area contributed by atoms with E-state index in [-0.39, 0.29) is 10.5 Å². The zero-order chi connectivity index (χ0) is 21.8. The number of benzene rings is 2. The van der Waals surface area contributed by atoms with Gasteiger partial charge in [-0.25, -0.2) is 22.0 Å². The zero-order valence-corrected chi connectivity index (χ0v) is 16.1. The van der Waals surface area contributed by atoms with Gasteiger partial charge in [0.25, 0.3) is 0 Å². The number of nitrogens with zero attached hydrogens (tertiary/aromatic N) is 2. The first-order valence-electron chi connectivity index (χ1n) is 7.94. The molecule has 0 fully saturated rings. The van der Waals surface area contributed by atoms with Gasteiger partial charge in [-0.1, -0.05) is 0 Å². The second-order valence-corrected chi connectivity index (χ2v) is 7.79. The predicted octanol–water partition coefficient (Wildman–Crippen LogP) is 1.88. The molecule has 0 aliphatic rings. The van der Waals surface area contributed by atoms with E-state index in [1.54, 1.807) is 0 Å². The molecular formula is C18H15F2N3O5S. The molecule has 29 heavy (non-hydrogen) atoms. The van der Waals surface area contributed by atoms with Gasteiger partial charge in [0.2, 0.25) is 15.9 Å². The summed E-state index contributed by atoms with van der Waals surface area (Å²) in [5.74, 6) is -4.32. The Morgan fingerprint density at radius 1 is 1.17 bits per heavy atom. The highest BCUT2D eigenvalue weighted by Gasteiger charge is 2.24. The average molecular weight is 423 g/mol. The van der Waals surface area contributed by atoms with E-state index in [0.717, 1.165) is 20.2 Å².